The van der Waals surface area contributed by atoms with Gasteiger partial charge in [0.25, 0.3) is 0 Å². The van der Waals surface area contributed by atoms with E-state index >= 15 is 0 Å². The quantitative estimate of drug-likeness (QED) is 0.207. The van der Waals surface area contributed by atoms with Crippen LogP contribution in [0.5, 0.6) is 0 Å². The van der Waals surface area contributed by atoms with Crippen molar-refractivity contribution in [1.82, 2.24) is 0 Å². The second-order valence-corrected chi connectivity index (χ2v) is 29.6. The molecule has 10 heteroatoms. The second kappa shape index (κ2) is 8.63. The molecule has 0 aromatic rings. The summed E-state index contributed by atoms with van der Waals surface area (Å²) in [5.74, 6) is -1.34. The molecule has 1 heterocycles. The predicted molar refractivity (Wildman–Crippen MR) is 158 cm³/mol. The Morgan fingerprint density at radius 2 is 1.59 bits per heavy atom. The Morgan fingerprint density at radius 3 is 2.13 bits per heavy atom. The summed E-state index contributed by atoms with van der Waals surface area (Å²) in [7, 11) is -4.49. The van der Waals surface area contributed by atoms with Crippen molar-refractivity contribution in [2.75, 3.05) is 7.11 Å². The number of methoxy groups -OCH3 is 1. The van der Waals surface area contributed by atoms with Gasteiger partial charge < -0.3 is 22.8 Å². The van der Waals surface area contributed by atoms with Crippen molar-refractivity contribution < 1.29 is 32.3 Å². The molecule has 4 bridgehead atoms. The Labute approximate surface area is 238 Å². The number of hydrogen-bond donors (Lipinski definition) is 0. The van der Waals surface area contributed by atoms with E-state index in [1.807, 2.05) is 6.92 Å². The van der Waals surface area contributed by atoms with Crippen LogP contribution in [0.2, 0.25) is 58.9 Å². The highest BCUT2D eigenvalue weighted by molar-refractivity contribution is 6.70. The van der Waals surface area contributed by atoms with Gasteiger partial charge in [-0.1, -0.05) is 6.58 Å². The molecule has 0 aromatic heterocycles. The SMILES string of the molecule is C=C1[C@@H](O[Si](C)(C)C)[C@]23C[C@@]1(O[Si](C)(C)C)CCC2[C@@]12C[C@H](O[Si](C)(C)C)CC(C)(C(=O)O1)C2C3C(=O)OC. The molecule has 4 saturated carbocycles. The van der Waals surface area contributed by atoms with Crippen LogP contribution in [0.25, 0.3) is 0 Å². The third-order valence-electron chi connectivity index (χ3n) is 10.1. The first kappa shape index (κ1) is 29.7. The molecule has 9 atom stereocenters. The lowest BCUT2D eigenvalue weighted by molar-refractivity contribution is -0.167. The van der Waals surface area contributed by atoms with E-state index in [2.05, 4.69) is 65.5 Å². The van der Waals surface area contributed by atoms with E-state index < -0.39 is 52.9 Å². The maximum absolute atomic E-state index is 14.1. The van der Waals surface area contributed by atoms with E-state index in [-0.39, 0.29) is 36.0 Å². The van der Waals surface area contributed by atoms with Gasteiger partial charge in [0.2, 0.25) is 0 Å². The molecule has 1 spiro atoms. The number of carbonyl (C=O) groups is 2. The molecule has 1 aliphatic heterocycles. The van der Waals surface area contributed by atoms with E-state index in [9.17, 15) is 9.59 Å². The molecule has 39 heavy (non-hydrogen) atoms. The van der Waals surface area contributed by atoms with Crippen molar-refractivity contribution in [3.63, 3.8) is 0 Å². The fraction of sp³-hybridized carbons (Fsp3) is 0.862. The number of hydrogen-bond acceptors (Lipinski definition) is 7. The van der Waals surface area contributed by atoms with Crippen LogP contribution < -0.4 is 0 Å². The van der Waals surface area contributed by atoms with Gasteiger partial charge in [-0.05, 0) is 97.1 Å². The van der Waals surface area contributed by atoms with E-state index in [0.717, 1.165) is 18.4 Å². The number of esters is 2. The number of ether oxygens (including phenoxy) is 2. The first-order chi connectivity index (χ1) is 17.6. The average Bonchev–Trinajstić information content (AvgIpc) is 3.14. The van der Waals surface area contributed by atoms with Gasteiger partial charge in [-0.25, -0.2) is 0 Å². The zero-order valence-electron chi connectivity index (χ0n) is 26.0. The standard InChI is InChI=1S/C29H50O7Si3/c1-18-23(35-38(7,8)9)28-17-27(18,36-39(10,11)12)14-13-20(28)29-16-19(34-37(4,5)6)15-26(2,25(31)33-29)22(29)21(28)24(30)32-3/h19-23H,1,13-17H2,2-12H3/t19-,20?,21?,22?,23-,26?,27+,28-,29-/m1/s1. The minimum absolute atomic E-state index is 0.0585. The van der Waals surface area contributed by atoms with E-state index in [4.69, 9.17) is 22.8 Å². The molecular weight excluding hydrogens is 545 g/mol. The molecule has 0 radical (unpaired) electrons. The molecule has 0 N–H and O–H groups in total. The molecule has 220 valence electrons. The average molecular weight is 595 g/mol. The lowest BCUT2D eigenvalue weighted by Gasteiger charge is -2.49. The monoisotopic (exact) mass is 594 g/mol. The van der Waals surface area contributed by atoms with E-state index in [1.54, 1.807) is 0 Å². The van der Waals surface area contributed by atoms with Gasteiger partial charge in [0.1, 0.15) is 5.60 Å². The van der Waals surface area contributed by atoms with Gasteiger partial charge in [0.15, 0.2) is 25.0 Å². The van der Waals surface area contributed by atoms with Crippen molar-refractivity contribution in [1.29, 1.82) is 0 Å². The normalized spacial score (nSPS) is 45.2. The topological polar surface area (TPSA) is 80.3 Å². The Kier molecular flexibility index (Phi) is 6.57. The fourth-order valence-corrected chi connectivity index (χ4v) is 13.4. The van der Waals surface area contributed by atoms with Crippen LogP contribution in [0, 0.1) is 28.6 Å². The van der Waals surface area contributed by atoms with Crippen LogP contribution in [0.3, 0.4) is 0 Å². The predicted octanol–water partition coefficient (Wildman–Crippen LogP) is 5.89. The van der Waals surface area contributed by atoms with Crippen molar-refractivity contribution in [2.45, 2.75) is 121 Å². The minimum atomic E-state index is -2.09. The molecule has 5 aliphatic rings. The Morgan fingerprint density at radius 1 is 0.974 bits per heavy atom. The first-order valence-electron chi connectivity index (χ1n) is 14.7. The summed E-state index contributed by atoms with van der Waals surface area (Å²) in [5, 5.41) is 0. The minimum Gasteiger partial charge on any atom is -0.469 e. The van der Waals surface area contributed by atoms with Crippen LogP contribution >= 0.6 is 0 Å². The molecule has 4 unspecified atom stereocenters. The lowest BCUT2D eigenvalue weighted by Crippen LogP contribution is -2.54. The van der Waals surface area contributed by atoms with Gasteiger partial charge in [0, 0.05) is 29.8 Å². The number of fused-ring (bicyclic) bond motifs is 1. The third-order valence-corrected chi connectivity index (χ3v) is 13.1. The molecular formula is C29H50O7Si3. The van der Waals surface area contributed by atoms with Crippen LogP contribution in [0.1, 0.15) is 39.0 Å². The van der Waals surface area contributed by atoms with Crippen molar-refractivity contribution >= 4 is 36.9 Å². The Balaban J connectivity index is 1.73. The van der Waals surface area contributed by atoms with E-state index in [0.29, 0.717) is 19.3 Å². The third kappa shape index (κ3) is 4.25. The van der Waals surface area contributed by atoms with Gasteiger partial charge in [-0.3, -0.25) is 9.59 Å². The van der Waals surface area contributed by atoms with Gasteiger partial charge >= 0.3 is 11.9 Å². The Hall–Kier alpha value is -0.789. The van der Waals surface area contributed by atoms with Crippen LogP contribution in [0.15, 0.2) is 12.2 Å². The largest absolute Gasteiger partial charge is 0.469 e. The summed E-state index contributed by atoms with van der Waals surface area (Å²) >= 11 is 0. The van der Waals surface area contributed by atoms with E-state index in [1.165, 1.54) is 7.11 Å². The zero-order valence-corrected chi connectivity index (χ0v) is 29.0. The molecule has 0 aromatic carbocycles. The number of rotatable bonds is 7. The smallest absolute Gasteiger partial charge is 0.312 e. The maximum atomic E-state index is 14.1. The first-order valence-corrected chi connectivity index (χ1v) is 24.9. The summed E-state index contributed by atoms with van der Waals surface area (Å²) in [6, 6.07) is 0. The second-order valence-electron chi connectivity index (χ2n) is 16.2. The maximum Gasteiger partial charge on any atom is 0.312 e. The molecule has 7 nitrogen and oxygen atoms in total. The van der Waals surface area contributed by atoms with Crippen LogP contribution in [-0.2, 0) is 32.3 Å². The van der Waals surface area contributed by atoms with Gasteiger partial charge in [-0.15, -0.1) is 0 Å². The summed E-state index contributed by atoms with van der Waals surface area (Å²) < 4.78 is 33.0. The van der Waals surface area contributed by atoms with Crippen molar-refractivity contribution in [3.05, 3.63) is 12.2 Å². The fourth-order valence-electron chi connectivity index (χ4n) is 9.68. The Bertz CT molecular complexity index is 1090. The summed E-state index contributed by atoms with van der Waals surface area (Å²) in [6.45, 7) is 26.5. The summed E-state index contributed by atoms with van der Waals surface area (Å²) in [5.41, 5.74) is -1.79. The van der Waals surface area contributed by atoms with Crippen LogP contribution in [0.4, 0.5) is 0 Å². The number of carbonyl (C=O) groups excluding carboxylic acids is 2. The highest BCUT2D eigenvalue weighted by Gasteiger charge is 2.86. The molecule has 4 aliphatic carbocycles. The van der Waals surface area contributed by atoms with Crippen LogP contribution in [-0.4, -0.2) is 67.4 Å². The highest BCUT2D eigenvalue weighted by Crippen LogP contribution is 2.79. The lowest BCUT2D eigenvalue weighted by atomic mass is 9.59. The summed E-state index contributed by atoms with van der Waals surface area (Å²) in [6.07, 6.45) is 3.01. The highest BCUT2D eigenvalue weighted by atomic mass is 28.4. The molecule has 5 rings (SSSR count). The zero-order chi connectivity index (χ0) is 29.2. The molecule has 5 fully saturated rings. The molecule has 0 amide bonds. The summed E-state index contributed by atoms with van der Waals surface area (Å²) in [4.78, 5) is 27.8. The van der Waals surface area contributed by atoms with Crippen molar-refractivity contribution in [2.24, 2.45) is 28.6 Å². The molecule has 1 saturated heterocycles. The van der Waals surface area contributed by atoms with Gasteiger partial charge in [-0.2, -0.15) is 0 Å². The van der Waals surface area contributed by atoms with Crippen molar-refractivity contribution in [3.8, 4) is 0 Å². The van der Waals surface area contributed by atoms with Gasteiger partial charge in [0.05, 0.1) is 30.1 Å².